The summed E-state index contributed by atoms with van der Waals surface area (Å²) in [7, 11) is 2.14. The van der Waals surface area contributed by atoms with Crippen molar-refractivity contribution in [1.29, 1.82) is 0 Å². The van der Waals surface area contributed by atoms with Gasteiger partial charge in [-0.15, -0.1) is 0 Å². The number of para-hydroxylation sites is 1. The summed E-state index contributed by atoms with van der Waals surface area (Å²) in [5.41, 5.74) is 8.27. The summed E-state index contributed by atoms with van der Waals surface area (Å²) in [6, 6.07) is 6.58. The number of nitrogens with two attached hydrogens (primary N) is 1. The Balaban J connectivity index is 1.96. The van der Waals surface area contributed by atoms with E-state index in [1.165, 1.54) is 0 Å². The summed E-state index contributed by atoms with van der Waals surface area (Å²) in [5, 5.41) is 2.95. The van der Waals surface area contributed by atoms with Gasteiger partial charge in [0.15, 0.2) is 0 Å². The first-order valence-electron chi connectivity index (χ1n) is 7.47. The van der Waals surface area contributed by atoms with Crippen molar-refractivity contribution in [2.45, 2.75) is 32.9 Å². The lowest BCUT2D eigenvalue weighted by molar-refractivity contribution is -0.118. The molecule has 2 unspecified atom stereocenters. The number of carbonyl (C=O) groups is 1. The zero-order chi connectivity index (χ0) is 15.6. The first-order valence-corrected chi connectivity index (χ1v) is 7.47. The van der Waals surface area contributed by atoms with E-state index >= 15 is 0 Å². The van der Waals surface area contributed by atoms with Crippen molar-refractivity contribution in [3.63, 3.8) is 0 Å². The number of amides is 1. The normalized spacial score (nSPS) is 24.0. The minimum absolute atomic E-state index is 0.0000435. The third-order valence-corrected chi connectivity index (χ3v) is 4.37. The summed E-state index contributed by atoms with van der Waals surface area (Å²) in [6.45, 7) is 8.58. The van der Waals surface area contributed by atoms with Gasteiger partial charge in [0.1, 0.15) is 0 Å². The molecule has 1 heterocycles. The Morgan fingerprint density at radius 2 is 1.95 bits per heavy atom. The van der Waals surface area contributed by atoms with Crippen molar-refractivity contribution in [2.75, 3.05) is 37.7 Å². The lowest BCUT2D eigenvalue weighted by atomic mass is 10.1. The second-order valence-corrected chi connectivity index (χ2v) is 6.14. The van der Waals surface area contributed by atoms with Crippen molar-refractivity contribution in [3.8, 4) is 0 Å². The molecule has 1 fully saturated rings. The smallest absolute Gasteiger partial charge is 0.238 e. The van der Waals surface area contributed by atoms with Crippen molar-refractivity contribution in [3.05, 3.63) is 23.8 Å². The van der Waals surface area contributed by atoms with E-state index in [1.54, 1.807) is 0 Å². The van der Waals surface area contributed by atoms with Crippen LogP contribution in [-0.4, -0.2) is 54.5 Å². The molecule has 0 aliphatic carbocycles. The highest BCUT2D eigenvalue weighted by molar-refractivity contribution is 5.96. The average molecular weight is 290 g/mol. The number of carbonyl (C=O) groups excluding carboxylic acids is 1. The molecule has 1 saturated heterocycles. The molecule has 5 nitrogen and oxygen atoms in total. The Morgan fingerprint density at radius 3 is 2.52 bits per heavy atom. The monoisotopic (exact) mass is 290 g/mol. The number of anilines is 2. The molecule has 2 rings (SSSR count). The van der Waals surface area contributed by atoms with Crippen LogP contribution in [0.4, 0.5) is 11.4 Å². The molecule has 1 aliphatic heterocycles. The van der Waals surface area contributed by atoms with Crippen LogP contribution in [0.1, 0.15) is 19.4 Å². The van der Waals surface area contributed by atoms with E-state index in [9.17, 15) is 4.79 Å². The van der Waals surface area contributed by atoms with Crippen molar-refractivity contribution in [1.82, 2.24) is 9.80 Å². The second-order valence-electron chi connectivity index (χ2n) is 6.14. The summed E-state index contributed by atoms with van der Waals surface area (Å²) in [5.74, 6) is -0.0000435. The first kappa shape index (κ1) is 15.8. The van der Waals surface area contributed by atoms with Crippen LogP contribution in [0.15, 0.2) is 18.2 Å². The molecule has 1 amide bonds. The second kappa shape index (κ2) is 6.45. The SMILES string of the molecule is Cc1cccc(N)c1NC(=O)CN1CC(C)N(C)C(C)C1. The van der Waals surface area contributed by atoms with Gasteiger partial charge in [-0.2, -0.15) is 0 Å². The van der Waals surface area contributed by atoms with Crippen LogP contribution in [0.5, 0.6) is 0 Å². The standard InChI is InChI=1S/C16H26N4O/c1-11-6-5-7-14(17)16(11)18-15(21)10-20-8-12(2)19(4)13(3)9-20/h5-7,12-13H,8-10,17H2,1-4H3,(H,18,21). The Bertz CT molecular complexity index is 485. The zero-order valence-corrected chi connectivity index (χ0v) is 13.4. The molecule has 0 aromatic heterocycles. The number of piperazine rings is 1. The van der Waals surface area contributed by atoms with Crippen LogP contribution in [0.25, 0.3) is 0 Å². The van der Waals surface area contributed by atoms with E-state index in [4.69, 9.17) is 5.73 Å². The van der Waals surface area contributed by atoms with Gasteiger partial charge in [0, 0.05) is 25.2 Å². The molecule has 0 radical (unpaired) electrons. The van der Waals surface area contributed by atoms with Gasteiger partial charge in [-0.05, 0) is 39.4 Å². The van der Waals surface area contributed by atoms with E-state index in [1.807, 2.05) is 25.1 Å². The average Bonchev–Trinajstić information content (AvgIpc) is 2.40. The Labute approximate surface area is 127 Å². The Morgan fingerprint density at radius 1 is 1.33 bits per heavy atom. The third-order valence-electron chi connectivity index (χ3n) is 4.37. The van der Waals surface area contributed by atoms with Crippen LogP contribution >= 0.6 is 0 Å². The van der Waals surface area contributed by atoms with Gasteiger partial charge < -0.3 is 11.1 Å². The lowest BCUT2D eigenvalue weighted by Gasteiger charge is -2.42. The number of hydrogen-bond donors (Lipinski definition) is 2. The summed E-state index contributed by atoms with van der Waals surface area (Å²) >= 11 is 0. The predicted octanol–water partition coefficient (Wildman–Crippen LogP) is 1.54. The molecule has 0 bridgehead atoms. The predicted molar refractivity (Wildman–Crippen MR) is 87.3 cm³/mol. The number of nitrogen functional groups attached to an aromatic ring is 1. The Kier molecular flexibility index (Phi) is 4.85. The highest BCUT2D eigenvalue weighted by atomic mass is 16.2. The van der Waals surface area contributed by atoms with E-state index in [-0.39, 0.29) is 5.91 Å². The largest absolute Gasteiger partial charge is 0.397 e. The van der Waals surface area contributed by atoms with Gasteiger partial charge in [0.2, 0.25) is 5.91 Å². The molecule has 1 aliphatic rings. The number of likely N-dealkylation sites (N-methyl/N-ethyl adjacent to an activating group) is 1. The van der Waals surface area contributed by atoms with Crippen LogP contribution in [-0.2, 0) is 4.79 Å². The third kappa shape index (κ3) is 3.74. The van der Waals surface area contributed by atoms with E-state index < -0.39 is 0 Å². The van der Waals surface area contributed by atoms with Crippen LogP contribution in [0, 0.1) is 6.92 Å². The fraction of sp³-hybridized carbons (Fsp3) is 0.562. The van der Waals surface area contributed by atoms with Gasteiger partial charge in [0.05, 0.1) is 17.9 Å². The summed E-state index contributed by atoms with van der Waals surface area (Å²) < 4.78 is 0. The maximum absolute atomic E-state index is 12.3. The fourth-order valence-electron chi connectivity index (χ4n) is 2.89. The molecule has 5 heteroatoms. The number of rotatable bonds is 3. The highest BCUT2D eigenvalue weighted by Crippen LogP contribution is 2.22. The molecule has 21 heavy (non-hydrogen) atoms. The molecular weight excluding hydrogens is 264 g/mol. The van der Waals surface area contributed by atoms with Gasteiger partial charge in [-0.1, -0.05) is 12.1 Å². The van der Waals surface area contributed by atoms with E-state index in [0.29, 0.717) is 24.3 Å². The zero-order valence-electron chi connectivity index (χ0n) is 13.4. The fourth-order valence-corrected chi connectivity index (χ4v) is 2.89. The maximum Gasteiger partial charge on any atom is 0.238 e. The van der Waals surface area contributed by atoms with Gasteiger partial charge in [0.25, 0.3) is 0 Å². The molecule has 1 aromatic carbocycles. The number of hydrogen-bond acceptors (Lipinski definition) is 4. The molecule has 3 N–H and O–H groups in total. The summed E-state index contributed by atoms with van der Waals surface area (Å²) in [6.07, 6.45) is 0. The first-order chi connectivity index (χ1) is 9.88. The van der Waals surface area contributed by atoms with Gasteiger partial charge >= 0.3 is 0 Å². The van der Waals surface area contributed by atoms with E-state index in [2.05, 4.69) is 36.0 Å². The number of nitrogens with one attached hydrogen (secondary N) is 1. The molecular formula is C16H26N4O. The quantitative estimate of drug-likeness (QED) is 0.829. The van der Waals surface area contributed by atoms with Crippen LogP contribution < -0.4 is 11.1 Å². The molecule has 116 valence electrons. The number of aryl methyl sites for hydroxylation is 1. The lowest BCUT2D eigenvalue weighted by Crippen LogP contribution is -2.56. The summed E-state index contributed by atoms with van der Waals surface area (Å²) in [4.78, 5) is 16.8. The van der Waals surface area contributed by atoms with Crippen LogP contribution in [0.3, 0.4) is 0 Å². The topological polar surface area (TPSA) is 61.6 Å². The maximum atomic E-state index is 12.3. The highest BCUT2D eigenvalue weighted by Gasteiger charge is 2.27. The van der Waals surface area contributed by atoms with Crippen molar-refractivity contribution in [2.24, 2.45) is 0 Å². The number of nitrogens with zero attached hydrogens (tertiary/aromatic N) is 2. The number of benzene rings is 1. The molecule has 0 saturated carbocycles. The Hall–Kier alpha value is -1.59. The van der Waals surface area contributed by atoms with Crippen molar-refractivity contribution >= 4 is 17.3 Å². The van der Waals surface area contributed by atoms with Gasteiger partial charge in [-0.25, -0.2) is 0 Å². The van der Waals surface area contributed by atoms with E-state index in [0.717, 1.165) is 24.3 Å². The molecule has 2 atom stereocenters. The van der Waals surface area contributed by atoms with Gasteiger partial charge in [-0.3, -0.25) is 14.6 Å². The van der Waals surface area contributed by atoms with Crippen LogP contribution in [0.2, 0.25) is 0 Å². The molecule has 0 spiro atoms. The minimum Gasteiger partial charge on any atom is -0.397 e. The van der Waals surface area contributed by atoms with Crippen molar-refractivity contribution < 1.29 is 4.79 Å². The molecule has 1 aromatic rings. The minimum atomic E-state index is -0.0000435.